The molecular weight excluding hydrogens is 276 g/mol. The van der Waals surface area contributed by atoms with Crippen molar-refractivity contribution < 1.29 is 13.2 Å². The minimum atomic E-state index is -3.29. The molecule has 0 aliphatic carbocycles. The van der Waals surface area contributed by atoms with Crippen molar-refractivity contribution in [2.24, 2.45) is 0 Å². The third-order valence-corrected chi connectivity index (χ3v) is 4.80. The summed E-state index contributed by atoms with van der Waals surface area (Å²) in [5, 5.41) is 3.26. The number of amides is 1. The molecule has 0 spiro atoms. The standard InChI is InChI=1S/C14H20N2O3S/c1-16(12-6-8-15-9-7-12)14(17)11-4-3-5-13(10-11)20(2,18)19/h3-5,10,12,15H,6-9H2,1-2H3. The van der Waals surface area contributed by atoms with Gasteiger partial charge in [-0.15, -0.1) is 0 Å². The maximum Gasteiger partial charge on any atom is 0.253 e. The second-order valence-electron chi connectivity index (χ2n) is 5.20. The predicted molar refractivity (Wildman–Crippen MR) is 77.5 cm³/mol. The van der Waals surface area contributed by atoms with Crippen LogP contribution in [0.2, 0.25) is 0 Å². The van der Waals surface area contributed by atoms with Gasteiger partial charge in [-0.05, 0) is 44.1 Å². The van der Waals surface area contributed by atoms with Crippen LogP contribution in [0.4, 0.5) is 0 Å². The Bertz CT molecular complexity index is 592. The molecule has 0 unspecified atom stereocenters. The zero-order chi connectivity index (χ0) is 14.8. The summed E-state index contributed by atoms with van der Waals surface area (Å²) in [4.78, 5) is 14.3. The first kappa shape index (κ1) is 15.0. The average Bonchev–Trinajstić information content (AvgIpc) is 2.46. The van der Waals surface area contributed by atoms with Crippen molar-refractivity contribution in [3.63, 3.8) is 0 Å². The quantitative estimate of drug-likeness (QED) is 0.900. The van der Waals surface area contributed by atoms with Gasteiger partial charge in [-0.2, -0.15) is 0 Å². The fourth-order valence-corrected chi connectivity index (χ4v) is 3.09. The van der Waals surface area contributed by atoms with Crippen LogP contribution >= 0.6 is 0 Å². The summed E-state index contributed by atoms with van der Waals surface area (Å²) in [6, 6.07) is 6.45. The zero-order valence-electron chi connectivity index (χ0n) is 11.8. The van der Waals surface area contributed by atoms with E-state index in [0.29, 0.717) is 5.56 Å². The molecule has 0 saturated carbocycles. The molecule has 1 aliphatic heterocycles. The van der Waals surface area contributed by atoms with Gasteiger partial charge in [-0.1, -0.05) is 6.07 Å². The number of rotatable bonds is 3. The first-order valence-corrected chi connectivity index (χ1v) is 8.57. The number of nitrogens with zero attached hydrogens (tertiary/aromatic N) is 1. The molecule has 20 heavy (non-hydrogen) atoms. The van der Waals surface area contributed by atoms with Crippen LogP contribution in [0.1, 0.15) is 23.2 Å². The van der Waals surface area contributed by atoms with Crippen LogP contribution in [0.25, 0.3) is 0 Å². The maximum absolute atomic E-state index is 12.4. The molecular formula is C14H20N2O3S. The van der Waals surface area contributed by atoms with E-state index in [0.717, 1.165) is 32.2 Å². The van der Waals surface area contributed by atoms with Gasteiger partial charge in [-0.3, -0.25) is 4.79 Å². The predicted octanol–water partition coefficient (Wildman–Crippen LogP) is 0.914. The summed E-state index contributed by atoms with van der Waals surface area (Å²) in [5.74, 6) is -0.123. The third-order valence-electron chi connectivity index (χ3n) is 3.69. The Morgan fingerprint density at radius 2 is 1.95 bits per heavy atom. The normalized spacial score (nSPS) is 16.9. The van der Waals surface area contributed by atoms with Crippen molar-refractivity contribution in [1.82, 2.24) is 10.2 Å². The highest BCUT2D eigenvalue weighted by Crippen LogP contribution is 2.16. The molecule has 1 saturated heterocycles. The van der Waals surface area contributed by atoms with E-state index in [4.69, 9.17) is 0 Å². The molecule has 1 heterocycles. The van der Waals surface area contributed by atoms with Gasteiger partial charge in [0.15, 0.2) is 9.84 Å². The number of carbonyl (C=O) groups excluding carboxylic acids is 1. The first-order chi connectivity index (χ1) is 9.39. The molecule has 1 aromatic carbocycles. The van der Waals surface area contributed by atoms with E-state index >= 15 is 0 Å². The zero-order valence-corrected chi connectivity index (χ0v) is 12.6. The number of nitrogens with one attached hydrogen (secondary N) is 1. The molecule has 1 aliphatic rings. The van der Waals surface area contributed by atoms with Crippen LogP contribution < -0.4 is 5.32 Å². The number of hydrogen-bond acceptors (Lipinski definition) is 4. The molecule has 6 heteroatoms. The van der Waals surface area contributed by atoms with Crippen molar-refractivity contribution in [3.05, 3.63) is 29.8 Å². The second kappa shape index (κ2) is 5.93. The summed E-state index contributed by atoms with van der Waals surface area (Å²) in [7, 11) is -1.51. The lowest BCUT2D eigenvalue weighted by atomic mass is 10.0. The van der Waals surface area contributed by atoms with E-state index in [2.05, 4.69) is 5.32 Å². The minimum absolute atomic E-state index is 0.123. The summed E-state index contributed by atoms with van der Waals surface area (Å²) in [6.45, 7) is 1.82. The van der Waals surface area contributed by atoms with Crippen LogP contribution in [0.3, 0.4) is 0 Å². The molecule has 2 rings (SSSR count). The van der Waals surface area contributed by atoms with Crippen molar-refractivity contribution in [2.75, 3.05) is 26.4 Å². The van der Waals surface area contributed by atoms with Crippen molar-refractivity contribution in [2.45, 2.75) is 23.8 Å². The lowest BCUT2D eigenvalue weighted by Crippen LogP contribution is -2.43. The van der Waals surface area contributed by atoms with Crippen LogP contribution in [0.5, 0.6) is 0 Å². The highest BCUT2D eigenvalue weighted by atomic mass is 32.2. The topological polar surface area (TPSA) is 66.5 Å². The lowest BCUT2D eigenvalue weighted by Gasteiger charge is -2.31. The van der Waals surface area contributed by atoms with E-state index in [1.165, 1.54) is 12.1 Å². The summed E-state index contributed by atoms with van der Waals surface area (Å²) in [5.41, 5.74) is 0.425. The number of sulfone groups is 1. The smallest absolute Gasteiger partial charge is 0.253 e. The van der Waals surface area contributed by atoms with Crippen LogP contribution in [0, 0.1) is 0 Å². The van der Waals surface area contributed by atoms with Crippen LogP contribution in [-0.4, -0.2) is 51.7 Å². The fourth-order valence-electron chi connectivity index (χ4n) is 2.42. The summed E-state index contributed by atoms with van der Waals surface area (Å²) < 4.78 is 23.1. The molecule has 110 valence electrons. The number of hydrogen-bond donors (Lipinski definition) is 1. The minimum Gasteiger partial charge on any atom is -0.339 e. The van der Waals surface area contributed by atoms with Gasteiger partial charge < -0.3 is 10.2 Å². The maximum atomic E-state index is 12.4. The molecule has 1 fully saturated rings. The Balaban J connectivity index is 2.20. The van der Waals surface area contributed by atoms with Gasteiger partial charge in [0.05, 0.1) is 4.90 Å². The number of piperidine rings is 1. The van der Waals surface area contributed by atoms with E-state index in [-0.39, 0.29) is 16.8 Å². The van der Waals surface area contributed by atoms with E-state index < -0.39 is 9.84 Å². The number of benzene rings is 1. The van der Waals surface area contributed by atoms with Crippen molar-refractivity contribution >= 4 is 15.7 Å². The van der Waals surface area contributed by atoms with Gasteiger partial charge in [-0.25, -0.2) is 8.42 Å². The van der Waals surface area contributed by atoms with Crippen molar-refractivity contribution in [1.29, 1.82) is 0 Å². The molecule has 1 N–H and O–H groups in total. The Labute approximate surface area is 119 Å². The molecule has 0 radical (unpaired) electrons. The van der Waals surface area contributed by atoms with Gasteiger partial charge in [0.1, 0.15) is 0 Å². The van der Waals surface area contributed by atoms with Gasteiger partial charge >= 0.3 is 0 Å². The van der Waals surface area contributed by atoms with Crippen LogP contribution in [-0.2, 0) is 9.84 Å². The van der Waals surface area contributed by atoms with E-state index in [1.807, 2.05) is 0 Å². The third kappa shape index (κ3) is 3.37. The molecule has 0 aromatic heterocycles. The Hall–Kier alpha value is -1.40. The van der Waals surface area contributed by atoms with E-state index in [9.17, 15) is 13.2 Å². The van der Waals surface area contributed by atoms with Crippen molar-refractivity contribution in [3.8, 4) is 0 Å². The summed E-state index contributed by atoms with van der Waals surface area (Å²) >= 11 is 0. The second-order valence-corrected chi connectivity index (χ2v) is 7.21. The molecule has 1 amide bonds. The Morgan fingerprint density at radius 3 is 2.55 bits per heavy atom. The molecule has 0 bridgehead atoms. The SMILES string of the molecule is CN(C(=O)c1cccc(S(C)(=O)=O)c1)C1CCNCC1. The first-order valence-electron chi connectivity index (χ1n) is 6.67. The van der Waals surface area contributed by atoms with Gasteiger partial charge in [0.2, 0.25) is 0 Å². The Kier molecular flexibility index (Phi) is 4.45. The molecule has 0 atom stereocenters. The van der Waals surface area contributed by atoms with Gasteiger partial charge in [0, 0.05) is 24.9 Å². The highest BCUT2D eigenvalue weighted by Gasteiger charge is 2.23. The lowest BCUT2D eigenvalue weighted by molar-refractivity contribution is 0.0703. The van der Waals surface area contributed by atoms with Crippen LogP contribution in [0.15, 0.2) is 29.2 Å². The monoisotopic (exact) mass is 296 g/mol. The molecule has 1 aromatic rings. The van der Waals surface area contributed by atoms with E-state index in [1.54, 1.807) is 24.1 Å². The largest absolute Gasteiger partial charge is 0.339 e. The molecule has 5 nitrogen and oxygen atoms in total. The fraction of sp³-hybridized carbons (Fsp3) is 0.500. The summed E-state index contributed by atoms with van der Waals surface area (Å²) in [6.07, 6.45) is 3.00. The average molecular weight is 296 g/mol. The number of carbonyl (C=O) groups is 1. The van der Waals surface area contributed by atoms with Gasteiger partial charge in [0.25, 0.3) is 5.91 Å². The highest BCUT2D eigenvalue weighted by molar-refractivity contribution is 7.90. The Morgan fingerprint density at radius 1 is 1.30 bits per heavy atom.